The Morgan fingerprint density at radius 2 is 1.80 bits per heavy atom. The zero-order valence-corrected chi connectivity index (χ0v) is 12.5. The van der Waals surface area contributed by atoms with Crippen LogP contribution in [0.2, 0.25) is 0 Å². The number of nitrogens with zero attached hydrogens (tertiary/aromatic N) is 3. The summed E-state index contributed by atoms with van der Waals surface area (Å²) in [5.41, 5.74) is 0.0845. The van der Waals surface area contributed by atoms with Crippen LogP contribution in [0.5, 0.6) is 0 Å². The van der Waals surface area contributed by atoms with Crippen molar-refractivity contribution in [1.29, 1.82) is 0 Å². The molecule has 0 amide bonds. The minimum absolute atomic E-state index is 0.0845. The summed E-state index contributed by atoms with van der Waals surface area (Å²) in [7, 11) is 1.70. The third-order valence-corrected chi connectivity index (χ3v) is 4.87. The van der Waals surface area contributed by atoms with Crippen LogP contribution in [0.15, 0.2) is 0 Å². The van der Waals surface area contributed by atoms with E-state index in [-0.39, 0.29) is 5.54 Å². The minimum atomic E-state index is 0.0845. The number of likely N-dealkylation sites (tertiary alicyclic amines) is 1. The van der Waals surface area contributed by atoms with E-state index in [0.29, 0.717) is 6.61 Å². The van der Waals surface area contributed by atoms with Crippen LogP contribution in [0.4, 0.5) is 0 Å². The highest BCUT2D eigenvalue weighted by Crippen LogP contribution is 2.42. The molecule has 1 aromatic rings. The first kappa shape index (κ1) is 14.0. The summed E-state index contributed by atoms with van der Waals surface area (Å²) in [6, 6.07) is 0. The molecule has 0 atom stereocenters. The average Bonchev–Trinajstić information content (AvgIpc) is 2.98. The molecule has 1 saturated carbocycles. The quantitative estimate of drug-likeness (QED) is 0.920. The molecule has 2 fully saturated rings. The Morgan fingerprint density at radius 3 is 2.50 bits per heavy atom. The lowest BCUT2D eigenvalue weighted by molar-refractivity contribution is 0.0233. The third-order valence-electron chi connectivity index (χ3n) is 4.87. The van der Waals surface area contributed by atoms with Crippen molar-refractivity contribution >= 4 is 0 Å². The van der Waals surface area contributed by atoms with Gasteiger partial charge in [0.15, 0.2) is 11.6 Å². The van der Waals surface area contributed by atoms with E-state index in [2.05, 4.69) is 15.1 Å². The number of aromatic amines is 1. The number of hydrogen-bond acceptors (Lipinski definition) is 4. The van der Waals surface area contributed by atoms with E-state index in [0.717, 1.165) is 11.6 Å². The molecule has 1 saturated heterocycles. The lowest BCUT2D eigenvalue weighted by atomic mass is 9.78. The maximum absolute atomic E-state index is 5.16. The van der Waals surface area contributed by atoms with E-state index in [1.165, 1.54) is 64.5 Å². The first-order chi connectivity index (χ1) is 9.85. The van der Waals surface area contributed by atoms with Gasteiger partial charge in [-0.25, -0.2) is 4.98 Å². The molecule has 112 valence electrons. The van der Waals surface area contributed by atoms with Crippen molar-refractivity contribution in [2.24, 2.45) is 0 Å². The van der Waals surface area contributed by atoms with E-state index in [4.69, 9.17) is 9.72 Å². The summed E-state index contributed by atoms with van der Waals surface area (Å²) in [4.78, 5) is 7.40. The van der Waals surface area contributed by atoms with E-state index in [1.54, 1.807) is 7.11 Å². The van der Waals surface area contributed by atoms with Gasteiger partial charge in [0.25, 0.3) is 0 Å². The Labute approximate surface area is 121 Å². The summed E-state index contributed by atoms with van der Waals surface area (Å²) in [6.07, 6.45) is 10.4. The first-order valence-electron chi connectivity index (χ1n) is 8.01. The molecule has 3 rings (SSSR count). The Morgan fingerprint density at radius 1 is 1.10 bits per heavy atom. The highest BCUT2D eigenvalue weighted by Gasteiger charge is 2.43. The van der Waals surface area contributed by atoms with E-state index < -0.39 is 0 Å². The highest BCUT2D eigenvalue weighted by atomic mass is 16.5. The van der Waals surface area contributed by atoms with Gasteiger partial charge in [-0.05, 0) is 38.8 Å². The maximum Gasteiger partial charge on any atom is 0.171 e. The van der Waals surface area contributed by atoms with Crippen LogP contribution < -0.4 is 0 Å². The molecule has 1 aliphatic carbocycles. The number of rotatable bonds is 4. The van der Waals surface area contributed by atoms with Crippen LogP contribution in [0.3, 0.4) is 0 Å². The van der Waals surface area contributed by atoms with Crippen molar-refractivity contribution in [1.82, 2.24) is 20.1 Å². The number of nitrogens with one attached hydrogen (secondary N) is 1. The molecule has 0 unspecified atom stereocenters. The average molecular weight is 278 g/mol. The summed E-state index contributed by atoms with van der Waals surface area (Å²) in [6.45, 7) is 2.92. The van der Waals surface area contributed by atoms with Gasteiger partial charge in [0.2, 0.25) is 0 Å². The van der Waals surface area contributed by atoms with Crippen LogP contribution in [0.25, 0.3) is 0 Å². The standard InChI is InChI=1S/C15H26N4O/c1-20-12-13-16-14(18-17-13)15(8-4-2-5-9-15)19-10-6-3-7-11-19/h2-12H2,1H3,(H,16,17,18). The fraction of sp³-hybridized carbons (Fsp3) is 0.867. The van der Waals surface area contributed by atoms with Crippen molar-refractivity contribution in [3.8, 4) is 0 Å². The molecule has 1 aliphatic heterocycles. The van der Waals surface area contributed by atoms with Gasteiger partial charge in [-0.1, -0.05) is 25.7 Å². The molecule has 0 aromatic carbocycles. The molecule has 5 nitrogen and oxygen atoms in total. The van der Waals surface area contributed by atoms with Crippen LogP contribution >= 0.6 is 0 Å². The van der Waals surface area contributed by atoms with Crippen molar-refractivity contribution in [2.45, 2.75) is 63.5 Å². The number of hydrogen-bond donors (Lipinski definition) is 1. The van der Waals surface area contributed by atoms with Gasteiger partial charge in [-0.3, -0.25) is 10.00 Å². The largest absolute Gasteiger partial charge is 0.377 e. The van der Waals surface area contributed by atoms with Gasteiger partial charge < -0.3 is 4.74 Å². The number of piperidine rings is 1. The zero-order valence-electron chi connectivity index (χ0n) is 12.5. The number of ether oxygens (including phenoxy) is 1. The molecular formula is C15H26N4O. The first-order valence-corrected chi connectivity index (χ1v) is 8.01. The van der Waals surface area contributed by atoms with E-state index in [1.807, 2.05) is 0 Å². The second-order valence-electron chi connectivity index (χ2n) is 6.18. The second kappa shape index (κ2) is 6.22. The van der Waals surface area contributed by atoms with Gasteiger partial charge in [0.05, 0.1) is 5.54 Å². The highest BCUT2D eigenvalue weighted by molar-refractivity contribution is 5.09. The molecule has 0 bridgehead atoms. The van der Waals surface area contributed by atoms with Crippen LogP contribution in [0, 0.1) is 0 Å². The predicted octanol–water partition coefficient (Wildman–Crippen LogP) is 2.60. The smallest absolute Gasteiger partial charge is 0.171 e. The Balaban J connectivity index is 1.87. The topological polar surface area (TPSA) is 54.0 Å². The van der Waals surface area contributed by atoms with Gasteiger partial charge in [0, 0.05) is 7.11 Å². The number of methoxy groups -OCH3 is 1. The van der Waals surface area contributed by atoms with E-state index in [9.17, 15) is 0 Å². The van der Waals surface area contributed by atoms with Crippen LogP contribution in [-0.4, -0.2) is 40.3 Å². The predicted molar refractivity (Wildman–Crippen MR) is 77.3 cm³/mol. The number of H-pyrrole nitrogens is 1. The summed E-state index contributed by atoms with van der Waals surface area (Å²) in [5.74, 6) is 1.86. The normalized spacial score (nSPS) is 23.9. The van der Waals surface area contributed by atoms with Crippen LogP contribution in [0.1, 0.15) is 63.0 Å². The number of aromatic nitrogens is 3. The molecule has 1 aromatic heterocycles. The van der Waals surface area contributed by atoms with Crippen molar-refractivity contribution in [3.05, 3.63) is 11.6 Å². The van der Waals surface area contributed by atoms with Crippen molar-refractivity contribution in [2.75, 3.05) is 20.2 Å². The fourth-order valence-corrected chi connectivity index (χ4v) is 3.84. The lowest BCUT2D eigenvalue weighted by Crippen LogP contribution is -2.50. The minimum Gasteiger partial charge on any atom is -0.377 e. The molecule has 5 heteroatoms. The van der Waals surface area contributed by atoms with Gasteiger partial charge in [-0.2, -0.15) is 5.10 Å². The monoisotopic (exact) mass is 278 g/mol. The second-order valence-corrected chi connectivity index (χ2v) is 6.18. The molecule has 20 heavy (non-hydrogen) atoms. The molecule has 0 spiro atoms. The molecule has 2 aliphatic rings. The summed E-state index contributed by atoms with van der Waals surface area (Å²) in [5, 5.41) is 7.60. The van der Waals surface area contributed by atoms with E-state index >= 15 is 0 Å². The molecule has 1 N–H and O–H groups in total. The Kier molecular flexibility index (Phi) is 4.36. The molecule has 0 radical (unpaired) electrons. The zero-order chi connectivity index (χ0) is 13.8. The summed E-state index contributed by atoms with van der Waals surface area (Å²) >= 11 is 0. The summed E-state index contributed by atoms with van der Waals surface area (Å²) < 4.78 is 5.16. The Bertz CT molecular complexity index is 419. The van der Waals surface area contributed by atoms with Gasteiger partial charge >= 0.3 is 0 Å². The maximum atomic E-state index is 5.16. The molecule has 2 heterocycles. The Hall–Kier alpha value is -0.940. The third kappa shape index (κ3) is 2.61. The lowest BCUT2D eigenvalue weighted by Gasteiger charge is -2.46. The van der Waals surface area contributed by atoms with Gasteiger partial charge in [0.1, 0.15) is 6.61 Å². The van der Waals surface area contributed by atoms with Crippen molar-refractivity contribution < 1.29 is 4.74 Å². The molecular weight excluding hydrogens is 252 g/mol. The SMILES string of the molecule is COCc1nc(C2(N3CCCCC3)CCCCC2)n[nH]1. The van der Waals surface area contributed by atoms with Gasteiger partial charge in [-0.15, -0.1) is 0 Å². The van der Waals surface area contributed by atoms with Crippen molar-refractivity contribution in [3.63, 3.8) is 0 Å². The van der Waals surface area contributed by atoms with Crippen LogP contribution in [-0.2, 0) is 16.9 Å². The fourth-order valence-electron chi connectivity index (χ4n) is 3.84.